The number of rotatable bonds is 7. The third kappa shape index (κ3) is 4.01. The first kappa shape index (κ1) is 14.5. The molecule has 2 nitrogen and oxygen atoms in total. The molecule has 0 spiro atoms. The normalized spacial score (nSPS) is 20.8. The van der Waals surface area contributed by atoms with Gasteiger partial charge in [0.05, 0.1) is 5.60 Å². The fourth-order valence-electron chi connectivity index (χ4n) is 3.11. The second-order valence-electron chi connectivity index (χ2n) is 5.00. The van der Waals surface area contributed by atoms with Crippen molar-refractivity contribution in [1.29, 1.82) is 0 Å². The fourth-order valence-corrected chi connectivity index (χ4v) is 3.11. The first-order valence-electron chi connectivity index (χ1n) is 7.03. The molecule has 1 aliphatic rings. The van der Waals surface area contributed by atoms with Crippen molar-refractivity contribution in [2.45, 2.75) is 69.9 Å². The van der Waals surface area contributed by atoms with Crippen LogP contribution in [0.1, 0.15) is 58.3 Å². The molecule has 0 saturated heterocycles. The van der Waals surface area contributed by atoms with E-state index in [1.807, 2.05) is 0 Å². The highest BCUT2D eigenvalue weighted by Gasteiger charge is 2.39. The first-order chi connectivity index (χ1) is 8.29. The molecule has 0 bridgehead atoms. The molecule has 0 aliphatic heterocycles. The maximum atomic E-state index is 6.14. The highest BCUT2D eigenvalue weighted by Crippen LogP contribution is 2.36. The third-order valence-corrected chi connectivity index (χ3v) is 3.93. The zero-order valence-corrected chi connectivity index (χ0v) is 11.4. The van der Waals surface area contributed by atoms with Crippen LogP contribution in [0, 0.1) is 12.3 Å². The van der Waals surface area contributed by atoms with E-state index in [0.717, 1.165) is 25.9 Å². The second-order valence-corrected chi connectivity index (χ2v) is 5.00. The molecule has 1 unspecified atom stereocenters. The van der Waals surface area contributed by atoms with Crippen molar-refractivity contribution < 1.29 is 4.74 Å². The van der Waals surface area contributed by atoms with E-state index in [2.05, 4.69) is 25.2 Å². The number of unbranched alkanes of at least 4 members (excludes halogenated alkanes) is 1. The number of terminal acetylenes is 1. The lowest BCUT2D eigenvalue weighted by Gasteiger charge is -2.43. The highest BCUT2D eigenvalue weighted by molar-refractivity contribution is 4.95. The second kappa shape index (κ2) is 7.74. The summed E-state index contributed by atoms with van der Waals surface area (Å²) < 4.78 is 6.14. The van der Waals surface area contributed by atoms with Gasteiger partial charge >= 0.3 is 0 Å². The van der Waals surface area contributed by atoms with Gasteiger partial charge in [-0.1, -0.05) is 19.3 Å². The first-order valence-corrected chi connectivity index (χ1v) is 7.03. The number of hydrogen-bond acceptors (Lipinski definition) is 2. The Kier molecular flexibility index (Phi) is 6.62. The van der Waals surface area contributed by atoms with E-state index < -0.39 is 0 Å². The van der Waals surface area contributed by atoms with Crippen LogP contribution in [0.3, 0.4) is 0 Å². The Hall–Kier alpha value is -0.520. The van der Waals surface area contributed by atoms with Gasteiger partial charge in [0.15, 0.2) is 0 Å². The maximum absolute atomic E-state index is 6.14. The molecule has 1 rings (SSSR count). The number of likely N-dealkylation sites (N-methyl/N-ethyl adjacent to an activating group) is 1. The molecule has 0 radical (unpaired) electrons. The van der Waals surface area contributed by atoms with Gasteiger partial charge < -0.3 is 10.1 Å². The molecule has 0 aromatic rings. The summed E-state index contributed by atoms with van der Waals surface area (Å²) in [4.78, 5) is 0. The molecule has 2 heteroatoms. The van der Waals surface area contributed by atoms with Gasteiger partial charge in [0.1, 0.15) is 0 Å². The molecular weight excluding hydrogens is 210 g/mol. The molecule has 0 aromatic heterocycles. The topological polar surface area (TPSA) is 21.3 Å². The number of nitrogens with one attached hydrogen (secondary N) is 1. The van der Waals surface area contributed by atoms with Crippen molar-refractivity contribution in [2.75, 3.05) is 13.7 Å². The van der Waals surface area contributed by atoms with Gasteiger partial charge in [0.25, 0.3) is 0 Å². The molecule has 1 fully saturated rings. The standard InChI is InChI=1S/C15H27NO/c1-4-6-8-11-14(16-3)15(17-5-2)12-9-7-10-13-15/h1,14,16H,5-13H2,2-3H3. The van der Waals surface area contributed by atoms with E-state index in [4.69, 9.17) is 11.2 Å². The molecule has 1 atom stereocenters. The van der Waals surface area contributed by atoms with Gasteiger partial charge in [-0.3, -0.25) is 0 Å². The predicted molar refractivity (Wildman–Crippen MR) is 73.0 cm³/mol. The monoisotopic (exact) mass is 237 g/mol. The van der Waals surface area contributed by atoms with E-state index in [9.17, 15) is 0 Å². The van der Waals surface area contributed by atoms with Crippen LogP contribution in [-0.2, 0) is 4.74 Å². The van der Waals surface area contributed by atoms with Crippen molar-refractivity contribution in [3.8, 4) is 12.3 Å². The quantitative estimate of drug-likeness (QED) is 0.542. The molecule has 0 aromatic carbocycles. The van der Waals surface area contributed by atoms with E-state index in [1.165, 1.54) is 32.1 Å². The maximum Gasteiger partial charge on any atom is 0.0834 e. The molecule has 0 amide bonds. The Morgan fingerprint density at radius 3 is 2.59 bits per heavy atom. The van der Waals surface area contributed by atoms with Crippen LogP contribution in [0.2, 0.25) is 0 Å². The van der Waals surface area contributed by atoms with Crippen LogP contribution in [0.15, 0.2) is 0 Å². The Morgan fingerprint density at radius 1 is 1.35 bits per heavy atom. The van der Waals surface area contributed by atoms with Crippen molar-refractivity contribution in [2.24, 2.45) is 0 Å². The lowest BCUT2D eigenvalue weighted by Crippen LogP contribution is -2.52. The molecule has 98 valence electrons. The smallest absolute Gasteiger partial charge is 0.0834 e. The summed E-state index contributed by atoms with van der Waals surface area (Å²) in [5, 5.41) is 3.46. The Balaban J connectivity index is 2.61. The highest BCUT2D eigenvalue weighted by atomic mass is 16.5. The zero-order valence-electron chi connectivity index (χ0n) is 11.4. The fraction of sp³-hybridized carbons (Fsp3) is 0.867. The third-order valence-electron chi connectivity index (χ3n) is 3.93. The average Bonchev–Trinajstić information content (AvgIpc) is 2.36. The van der Waals surface area contributed by atoms with Crippen LogP contribution in [0.4, 0.5) is 0 Å². The largest absolute Gasteiger partial charge is 0.374 e. The van der Waals surface area contributed by atoms with Gasteiger partial charge in [-0.25, -0.2) is 0 Å². The Labute approximate surface area is 107 Å². The predicted octanol–water partition coefficient (Wildman–Crippen LogP) is 3.12. The Morgan fingerprint density at radius 2 is 2.06 bits per heavy atom. The van der Waals surface area contributed by atoms with Crippen molar-refractivity contribution in [3.05, 3.63) is 0 Å². The van der Waals surface area contributed by atoms with Gasteiger partial charge in [0.2, 0.25) is 0 Å². The molecule has 17 heavy (non-hydrogen) atoms. The summed E-state index contributed by atoms with van der Waals surface area (Å²) >= 11 is 0. The van der Waals surface area contributed by atoms with Gasteiger partial charge in [-0.2, -0.15) is 0 Å². The molecule has 1 aliphatic carbocycles. The summed E-state index contributed by atoms with van der Waals surface area (Å²) in [5.41, 5.74) is 0.0658. The minimum Gasteiger partial charge on any atom is -0.374 e. The van der Waals surface area contributed by atoms with E-state index in [0.29, 0.717) is 6.04 Å². The zero-order chi connectivity index (χ0) is 12.6. The van der Waals surface area contributed by atoms with E-state index in [-0.39, 0.29) is 5.60 Å². The van der Waals surface area contributed by atoms with Crippen molar-refractivity contribution >= 4 is 0 Å². The van der Waals surface area contributed by atoms with E-state index >= 15 is 0 Å². The minimum atomic E-state index is 0.0658. The lowest BCUT2D eigenvalue weighted by molar-refractivity contribution is -0.0903. The van der Waals surface area contributed by atoms with Crippen LogP contribution < -0.4 is 5.32 Å². The van der Waals surface area contributed by atoms with E-state index in [1.54, 1.807) is 0 Å². The molecule has 1 N–H and O–H groups in total. The van der Waals surface area contributed by atoms with Crippen molar-refractivity contribution in [1.82, 2.24) is 5.32 Å². The minimum absolute atomic E-state index is 0.0658. The summed E-state index contributed by atoms with van der Waals surface area (Å²) in [6, 6.07) is 0.455. The molecule has 0 heterocycles. The van der Waals surface area contributed by atoms with Gasteiger partial charge in [-0.05, 0) is 39.7 Å². The van der Waals surface area contributed by atoms with Gasteiger partial charge in [-0.15, -0.1) is 12.3 Å². The van der Waals surface area contributed by atoms with Crippen LogP contribution in [0.25, 0.3) is 0 Å². The average molecular weight is 237 g/mol. The SMILES string of the molecule is C#CCCCC(NC)C1(OCC)CCCCC1. The molecule has 1 saturated carbocycles. The van der Waals surface area contributed by atoms with Crippen LogP contribution in [-0.4, -0.2) is 25.3 Å². The number of ether oxygens (including phenoxy) is 1. The summed E-state index contributed by atoms with van der Waals surface area (Å²) in [7, 11) is 2.05. The summed E-state index contributed by atoms with van der Waals surface area (Å²) in [6.07, 6.45) is 14.8. The summed E-state index contributed by atoms with van der Waals surface area (Å²) in [5.74, 6) is 2.73. The van der Waals surface area contributed by atoms with Crippen molar-refractivity contribution in [3.63, 3.8) is 0 Å². The Bertz CT molecular complexity index is 232. The van der Waals surface area contributed by atoms with Crippen LogP contribution >= 0.6 is 0 Å². The lowest BCUT2D eigenvalue weighted by atomic mass is 9.77. The number of hydrogen-bond donors (Lipinski definition) is 1. The van der Waals surface area contributed by atoms with Crippen LogP contribution in [0.5, 0.6) is 0 Å². The molecular formula is C15H27NO. The van der Waals surface area contributed by atoms with Gasteiger partial charge in [0, 0.05) is 19.1 Å². The summed E-state index contributed by atoms with van der Waals surface area (Å²) in [6.45, 7) is 2.91.